The maximum Gasteiger partial charge on any atom is 0.245 e. The summed E-state index contributed by atoms with van der Waals surface area (Å²) in [4.78, 5) is 11.5. The number of nitrogens with zero attached hydrogens (tertiary/aromatic N) is 6. The van der Waals surface area contributed by atoms with Crippen LogP contribution in [0.3, 0.4) is 0 Å². The maximum absolute atomic E-state index is 13.3. The Hall–Kier alpha value is -3.15. The van der Waals surface area contributed by atoms with Gasteiger partial charge in [-0.25, -0.2) is 13.4 Å². The molecule has 0 saturated carbocycles. The molecule has 0 bridgehead atoms. The molecule has 1 aliphatic heterocycles. The van der Waals surface area contributed by atoms with Crippen LogP contribution in [0, 0.1) is 13.8 Å². The van der Waals surface area contributed by atoms with Crippen LogP contribution in [-0.4, -0.2) is 57.6 Å². The summed E-state index contributed by atoms with van der Waals surface area (Å²) in [6, 6.07) is 15.1. The second-order valence-electron chi connectivity index (χ2n) is 7.96. The fraction of sp³-hybridized carbons (Fsp3) is 0.273. The summed E-state index contributed by atoms with van der Waals surface area (Å²) >= 11 is 1.02. The molecule has 1 aliphatic rings. The molecule has 5 rings (SSSR count). The van der Waals surface area contributed by atoms with Crippen LogP contribution in [0.2, 0.25) is 0 Å². The van der Waals surface area contributed by atoms with Crippen molar-refractivity contribution in [2.24, 2.45) is 0 Å². The SMILES string of the molecule is Cc1ccc(Nc2cc(C)nc(N3CCN(S(=O)(=O)c4cccc5nsnc45)CC3)n2)cc1. The quantitative estimate of drug-likeness (QED) is 0.463. The summed E-state index contributed by atoms with van der Waals surface area (Å²) in [5.74, 6) is 1.30. The van der Waals surface area contributed by atoms with Crippen molar-refractivity contribution in [1.82, 2.24) is 23.0 Å². The van der Waals surface area contributed by atoms with Gasteiger partial charge in [-0.15, -0.1) is 0 Å². The Kier molecular flexibility index (Phi) is 5.69. The first kappa shape index (κ1) is 21.7. The van der Waals surface area contributed by atoms with Gasteiger partial charge < -0.3 is 10.2 Å². The van der Waals surface area contributed by atoms with Gasteiger partial charge in [0.2, 0.25) is 16.0 Å². The van der Waals surface area contributed by atoms with Crippen LogP contribution in [0.25, 0.3) is 11.0 Å². The minimum Gasteiger partial charge on any atom is -0.340 e. The van der Waals surface area contributed by atoms with Crippen LogP contribution < -0.4 is 10.2 Å². The van der Waals surface area contributed by atoms with Crippen molar-refractivity contribution in [3.05, 3.63) is 59.8 Å². The van der Waals surface area contributed by atoms with Crippen molar-refractivity contribution in [3.8, 4) is 0 Å². The smallest absolute Gasteiger partial charge is 0.245 e. The highest BCUT2D eigenvalue weighted by molar-refractivity contribution is 7.89. The number of anilines is 3. The van der Waals surface area contributed by atoms with E-state index in [0.29, 0.717) is 49.0 Å². The van der Waals surface area contributed by atoms with Crippen LogP contribution in [0.5, 0.6) is 0 Å². The molecule has 0 spiro atoms. The van der Waals surface area contributed by atoms with Gasteiger partial charge in [-0.2, -0.15) is 18.0 Å². The molecule has 4 aromatic rings. The zero-order valence-corrected chi connectivity index (χ0v) is 19.9. The van der Waals surface area contributed by atoms with Gasteiger partial charge in [0, 0.05) is 43.6 Å². The van der Waals surface area contributed by atoms with Crippen molar-refractivity contribution in [2.45, 2.75) is 18.7 Å². The van der Waals surface area contributed by atoms with Crippen LogP contribution in [0.1, 0.15) is 11.3 Å². The van der Waals surface area contributed by atoms with E-state index < -0.39 is 10.0 Å². The van der Waals surface area contributed by atoms with E-state index in [0.717, 1.165) is 23.1 Å². The van der Waals surface area contributed by atoms with Crippen molar-refractivity contribution >= 4 is 50.2 Å². The first-order valence-corrected chi connectivity index (χ1v) is 12.7. The Labute approximate surface area is 196 Å². The van der Waals surface area contributed by atoms with Crippen LogP contribution >= 0.6 is 11.7 Å². The molecule has 1 saturated heterocycles. The number of benzene rings is 2. The highest BCUT2D eigenvalue weighted by Gasteiger charge is 2.31. The Morgan fingerprint density at radius 1 is 0.939 bits per heavy atom. The minimum atomic E-state index is -3.67. The summed E-state index contributed by atoms with van der Waals surface area (Å²) in [5, 5.41) is 3.32. The molecule has 2 aromatic heterocycles. The van der Waals surface area contributed by atoms with Gasteiger partial charge >= 0.3 is 0 Å². The third-order valence-corrected chi connectivity index (χ3v) is 8.03. The van der Waals surface area contributed by atoms with E-state index in [1.807, 2.05) is 49.1 Å². The Morgan fingerprint density at radius 3 is 2.45 bits per heavy atom. The largest absolute Gasteiger partial charge is 0.340 e. The Morgan fingerprint density at radius 2 is 1.70 bits per heavy atom. The number of aromatic nitrogens is 4. The van der Waals surface area contributed by atoms with Gasteiger partial charge in [0.25, 0.3) is 0 Å². The monoisotopic (exact) mass is 481 g/mol. The molecule has 1 fully saturated rings. The summed E-state index contributed by atoms with van der Waals surface area (Å²) < 4.78 is 36.4. The van der Waals surface area contributed by atoms with Crippen molar-refractivity contribution < 1.29 is 8.42 Å². The molecule has 0 aliphatic carbocycles. The maximum atomic E-state index is 13.3. The number of rotatable bonds is 5. The van der Waals surface area contributed by atoms with Crippen molar-refractivity contribution in [1.29, 1.82) is 0 Å². The predicted octanol–water partition coefficient (Wildman–Crippen LogP) is 3.35. The van der Waals surface area contributed by atoms with E-state index >= 15 is 0 Å². The number of nitrogens with one attached hydrogen (secondary N) is 1. The first-order chi connectivity index (χ1) is 15.9. The van der Waals surface area contributed by atoms with Gasteiger partial charge in [0.05, 0.1) is 11.7 Å². The second-order valence-corrected chi connectivity index (χ2v) is 10.4. The van der Waals surface area contributed by atoms with E-state index in [-0.39, 0.29) is 4.90 Å². The van der Waals surface area contributed by atoms with Crippen molar-refractivity contribution in [3.63, 3.8) is 0 Å². The molecule has 9 nitrogen and oxygen atoms in total. The van der Waals surface area contributed by atoms with E-state index in [1.54, 1.807) is 18.2 Å². The number of aryl methyl sites for hydroxylation is 2. The molecule has 0 atom stereocenters. The van der Waals surface area contributed by atoms with Gasteiger partial charge in [0.1, 0.15) is 21.7 Å². The van der Waals surface area contributed by atoms with E-state index in [1.165, 1.54) is 9.87 Å². The Bertz CT molecular complexity index is 1400. The molecule has 0 unspecified atom stereocenters. The van der Waals surface area contributed by atoms with Gasteiger partial charge in [-0.05, 0) is 38.1 Å². The lowest BCUT2D eigenvalue weighted by Gasteiger charge is -2.34. The average molecular weight is 482 g/mol. The molecule has 0 amide bonds. The van der Waals surface area contributed by atoms with E-state index in [4.69, 9.17) is 0 Å². The normalized spacial score (nSPS) is 15.2. The lowest BCUT2D eigenvalue weighted by atomic mass is 10.2. The Balaban J connectivity index is 1.32. The molecular weight excluding hydrogens is 458 g/mol. The summed E-state index contributed by atoms with van der Waals surface area (Å²) in [6.07, 6.45) is 0. The van der Waals surface area contributed by atoms with Crippen LogP contribution in [0.4, 0.5) is 17.5 Å². The summed E-state index contributed by atoms with van der Waals surface area (Å²) in [7, 11) is -3.67. The minimum absolute atomic E-state index is 0.207. The number of fused-ring (bicyclic) bond motifs is 1. The van der Waals surface area contributed by atoms with E-state index in [2.05, 4.69) is 24.0 Å². The van der Waals surface area contributed by atoms with Gasteiger partial charge in [-0.3, -0.25) is 0 Å². The van der Waals surface area contributed by atoms with Crippen LogP contribution in [0.15, 0.2) is 53.4 Å². The molecule has 11 heteroatoms. The molecule has 170 valence electrons. The fourth-order valence-corrected chi connectivity index (χ4v) is 5.97. The van der Waals surface area contributed by atoms with Crippen LogP contribution in [-0.2, 0) is 10.0 Å². The second kappa shape index (κ2) is 8.65. The summed E-state index contributed by atoms with van der Waals surface area (Å²) in [6.45, 7) is 5.65. The average Bonchev–Trinajstić information content (AvgIpc) is 3.29. The predicted molar refractivity (Wildman–Crippen MR) is 130 cm³/mol. The standard InChI is InChI=1S/C22H23N7O2S2/c1-15-6-8-17(9-7-15)24-20-14-16(2)23-22(25-20)28-10-12-29(13-11-28)33(30,31)19-5-3-4-18-21(19)27-32-26-18/h3-9,14H,10-13H2,1-2H3,(H,23,24,25). The summed E-state index contributed by atoms with van der Waals surface area (Å²) in [5.41, 5.74) is 4.01. The zero-order valence-electron chi connectivity index (χ0n) is 18.3. The number of hydrogen-bond acceptors (Lipinski definition) is 9. The molecule has 0 radical (unpaired) electrons. The lowest BCUT2D eigenvalue weighted by molar-refractivity contribution is 0.383. The zero-order chi connectivity index (χ0) is 23.0. The molecular formula is C22H23N7O2S2. The molecule has 1 N–H and O–H groups in total. The fourth-order valence-electron chi connectivity index (χ4n) is 3.80. The number of sulfonamides is 1. The highest BCUT2D eigenvalue weighted by Crippen LogP contribution is 2.26. The molecule has 2 aromatic carbocycles. The third kappa shape index (κ3) is 4.39. The highest BCUT2D eigenvalue weighted by atomic mass is 32.2. The molecule has 3 heterocycles. The topological polar surface area (TPSA) is 104 Å². The van der Waals surface area contributed by atoms with E-state index in [9.17, 15) is 8.42 Å². The van der Waals surface area contributed by atoms with Gasteiger partial charge in [-0.1, -0.05) is 23.8 Å². The van der Waals surface area contributed by atoms with Gasteiger partial charge in [0.15, 0.2) is 0 Å². The third-order valence-electron chi connectivity index (χ3n) is 5.55. The number of hydrogen-bond donors (Lipinski definition) is 1. The lowest BCUT2D eigenvalue weighted by Crippen LogP contribution is -2.49. The molecule has 33 heavy (non-hydrogen) atoms. The number of piperazine rings is 1. The first-order valence-electron chi connectivity index (χ1n) is 10.6. The van der Waals surface area contributed by atoms with Crippen molar-refractivity contribution in [2.75, 3.05) is 36.4 Å².